The van der Waals surface area contributed by atoms with Crippen LogP contribution in [0.2, 0.25) is 0 Å². The first-order chi connectivity index (χ1) is 6.42. The Morgan fingerprint density at radius 1 is 1.69 bits per heavy atom. The summed E-state index contributed by atoms with van der Waals surface area (Å²) < 4.78 is 5.26. The van der Waals surface area contributed by atoms with Crippen LogP contribution in [0.5, 0.6) is 0 Å². The number of hydrogen-bond acceptors (Lipinski definition) is 4. The van der Waals surface area contributed by atoms with Crippen LogP contribution in [-0.4, -0.2) is 24.8 Å². The first kappa shape index (κ1) is 8.72. The van der Waals surface area contributed by atoms with Gasteiger partial charge in [0.15, 0.2) is 0 Å². The molecule has 1 aromatic rings. The fourth-order valence-electron chi connectivity index (χ4n) is 1.83. The summed E-state index contributed by atoms with van der Waals surface area (Å²) in [4.78, 5) is 0. The summed E-state index contributed by atoms with van der Waals surface area (Å²) in [6, 6.07) is 0. The lowest BCUT2D eigenvalue weighted by Gasteiger charge is -2.05. The molecule has 0 aliphatic carbocycles. The molecule has 1 saturated heterocycles. The van der Waals surface area contributed by atoms with E-state index in [0.29, 0.717) is 12.5 Å². The highest BCUT2D eigenvalue weighted by Gasteiger charge is 2.22. The van der Waals surface area contributed by atoms with Crippen molar-refractivity contribution in [2.75, 3.05) is 19.6 Å². The molecule has 1 unspecified atom stereocenters. The minimum absolute atomic E-state index is 0.504. The van der Waals surface area contributed by atoms with Gasteiger partial charge in [-0.2, -0.15) is 0 Å². The molecule has 4 heteroatoms. The fourth-order valence-corrected chi connectivity index (χ4v) is 1.83. The van der Waals surface area contributed by atoms with E-state index in [1.165, 1.54) is 5.56 Å². The summed E-state index contributed by atoms with van der Waals surface area (Å²) >= 11 is 0. The Labute approximate surface area is 77.5 Å². The van der Waals surface area contributed by atoms with Crippen LogP contribution in [0, 0.1) is 0 Å². The smallest absolute Gasteiger partial charge is 0.144 e. The maximum absolute atomic E-state index is 5.50. The summed E-state index contributed by atoms with van der Waals surface area (Å²) in [7, 11) is 0. The lowest BCUT2D eigenvalue weighted by Crippen LogP contribution is -2.10. The molecule has 1 aliphatic rings. The van der Waals surface area contributed by atoms with Gasteiger partial charge in [-0.3, -0.25) is 0 Å². The Morgan fingerprint density at radius 3 is 3.31 bits per heavy atom. The summed E-state index contributed by atoms with van der Waals surface area (Å²) in [6.45, 7) is 2.74. The predicted molar refractivity (Wildman–Crippen MR) is 49.5 cm³/mol. The number of hydrogen-bond donors (Lipinski definition) is 2. The van der Waals surface area contributed by atoms with Gasteiger partial charge >= 0.3 is 0 Å². The van der Waals surface area contributed by atoms with Crippen LogP contribution < -0.4 is 11.1 Å². The number of aromatic nitrogens is 1. The van der Waals surface area contributed by atoms with Crippen LogP contribution in [0.25, 0.3) is 0 Å². The average Bonchev–Trinajstić information content (AvgIpc) is 2.71. The molecule has 1 aliphatic heterocycles. The third-order valence-electron chi connectivity index (χ3n) is 2.52. The summed E-state index contributed by atoms with van der Waals surface area (Å²) in [5, 5.41) is 7.14. The highest BCUT2D eigenvalue weighted by Crippen LogP contribution is 2.25. The third-order valence-corrected chi connectivity index (χ3v) is 2.52. The van der Waals surface area contributed by atoms with Crippen molar-refractivity contribution in [3.8, 4) is 0 Å². The summed E-state index contributed by atoms with van der Waals surface area (Å²) in [5.41, 5.74) is 6.68. The minimum Gasteiger partial charge on any atom is -0.361 e. The van der Waals surface area contributed by atoms with E-state index >= 15 is 0 Å². The number of nitrogens with one attached hydrogen (secondary N) is 1. The molecule has 1 aromatic heterocycles. The van der Waals surface area contributed by atoms with Gasteiger partial charge in [0.05, 0.1) is 6.20 Å². The topological polar surface area (TPSA) is 64.1 Å². The van der Waals surface area contributed by atoms with Gasteiger partial charge < -0.3 is 15.6 Å². The van der Waals surface area contributed by atoms with Gasteiger partial charge in [-0.05, 0) is 25.9 Å². The summed E-state index contributed by atoms with van der Waals surface area (Å²) in [6.07, 6.45) is 3.81. The largest absolute Gasteiger partial charge is 0.361 e. The highest BCUT2D eigenvalue weighted by molar-refractivity contribution is 5.19. The average molecular weight is 181 g/mol. The van der Waals surface area contributed by atoms with Crippen LogP contribution in [-0.2, 0) is 6.42 Å². The fraction of sp³-hybridized carbons (Fsp3) is 0.667. The first-order valence-corrected chi connectivity index (χ1v) is 4.76. The minimum atomic E-state index is 0.504. The molecule has 0 saturated carbocycles. The van der Waals surface area contributed by atoms with Crippen molar-refractivity contribution in [3.63, 3.8) is 0 Å². The number of nitrogens with two attached hydrogens (primary N) is 1. The second-order valence-electron chi connectivity index (χ2n) is 3.44. The van der Waals surface area contributed by atoms with Crippen LogP contribution in [0.3, 0.4) is 0 Å². The van der Waals surface area contributed by atoms with Gasteiger partial charge in [0.25, 0.3) is 0 Å². The molecule has 0 aromatic carbocycles. The van der Waals surface area contributed by atoms with Crippen molar-refractivity contribution in [1.82, 2.24) is 10.5 Å². The van der Waals surface area contributed by atoms with Crippen LogP contribution >= 0.6 is 0 Å². The van der Waals surface area contributed by atoms with E-state index in [2.05, 4.69) is 10.5 Å². The summed E-state index contributed by atoms with van der Waals surface area (Å²) in [5.74, 6) is 1.54. The second-order valence-corrected chi connectivity index (χ2v) is 3.44. The lowest BCUT2D eigenvalue weighted by molar-refractivity contribution is 0.363. The Kier molecular flexibility index (Phi) is 2.61. The van der Waals surface area contributed by atoms with Gasteiger partial charge in [0, 0.05) is 18.0 Å². The number of rotatable bonds is 3. The van der Waals surface area contributed by atoms with E-state index in [9.17, 15) is 0 Å². The second kappa shape index (κ2) is 3.89. The van der Waals surface area contributed by atoms with Crippen molar-refractivity contribution in [2.24, 2.45) is 5.73 Å². The van der Waals surface area contributed by atoms with Crippen molar-refractivity contribution in [3.05, 3.63) is 17.5 Å². The SMILES string of the molecule is NCCc1cnoc1C1CCNC1. The van der Waals surface area contributed by atoms with E-state index in [1.807, 2.05) is 0 Å². The molecule has 13 heavy (non-hydrogen) atoms. The predicted octanol–water partition coefficient (Wildman–Crippen LogP) is 0.253. The monoisotopic (exact) mass is 181 g/mol. The van der Waals surface area contributed by atoms with Crippen LogP contribution in [0.1, 0.15) is 23.7 Å². The Bertz CT molecular complexity index is 266. The maximum Gasteiger partial charge on any atom is 0.144 e. The molecule has 0 radical (unpaired) electrons. The molecular formula is C9H15N3O. The molecule has 0 spiro atoms. The zero-order chi connectivity index (χ0) is 9.10. The van der Waals surface area contributed by atoms with E-state index < -0.39 is 0 Å². The molecular weight excluding hydrogens is 166 g/mol. The number of nitrogens with zero attached hydrogens (tertiary/aromatic N) is 1. The zero-order valence-electron chi connectivity index (χ0n) is 7.62. The molecule has 72 valence electrons. The standard InChI is InChI=1S/C9H15N3O/c10-3-1-7-6-12-13-9(7)8-2-4-11-5-8/h6,8,11H,1-5,10H2. The van der Waals surface area contributed by atoms with Gasteiger partial charge in [0.1, 0.15) is 5.76 Å². The van der Waals surface area contributed by atoms with E-state index in [4.69, 9.17) is 10.3 Å². The highest BCUT2D eigenvalue weighted by atomic mass is 16.5. The van der Waals surface area contributed by atoms with Crippen molar-refractivity contribution in [1.29, 1.82) is 0 Å². The molecule has 0 amide bonds. The van der Waals surface area contributed by atoms with E-state index in [-0.39, 0.29) is 0 Å². The van der Waals surface area contributed by atoms with Gasteiger partial charge in [0.2, 0.25) is 0 Å². The van der Waals surface area contributed by atoms with Crippen LogP contribution in [0.4, 0.5) is 0 Å². The maximum atomic E-state index is 5.50. The molecule has 0 bridgehead atoms. The molecule has 2 heterocycles. The Morgan fingerprint density at radius 2 is 2.62 bits per heavy atom. The van der Waals surface area contributed by atoms with Crippen molar-refractivity contribution < 1.29 is 4.52 Å². The quantitative estimate of drug-likeness (QED) is 0.701. The van der Waals surface area contributed by atoms with Gasteiger partial charge in [-0.25, -0.2) is 0 Å². The molecule has 1 fully saturated rings. The van der Waals surface area contributed by atoms with E-state index in [0.717, 1.165) is 31.7 Å². The Balaban J connectivity index is 2.13. The first-order valence-electron chi connectivity index (χ1n) is 4.76. The van der Waals surface area contributed by atoms with Crippen molar-refractivity contribution >= 4 is 0 Å². The third kappa shape index (κ3) is 1.73. The Hall–Kier alpha value is -0.870. The van der Waals surface area contributed by atoms with Crippen molar-refractivity contribution in [2.45, 2.75) is 18.8 Å². The molecule has 2 rings (SSSR count). The van der Waals surface area contributed by atoms with E-state index in [1.54, 1.807) is 6.20 Å². The van der Waals surface area contributed by atoms with Crippen LogP contribution in [0.15, 0.2) is 10.7 Å². The lowest BCUT2D eigenvalue weighted by atomic mass is 10.0. The molecule has 3 N–H and O–H groups in total. The van der Waals surface area contributed by atoms with Gasteiger partial charge in [-0.15, -0.1) is 0 Å². The van der Waals surface area contributed by atoms with Gasteiger partial charge in [-0.1, -0.05) is 5.16 Å². The molecule has 1 atom stereocenters. The zero-order valence-corrected chi connectivity index (χ0v) is 7.62. The molecule has 4 nitrogen and oxygen atoms in total. The normalized spacial score (nSPS) is 22.4.